The van der Waals surface area contributed by atoms with Crippen molar-refractivity contribution in [3.8, 4) is 0 Å². The summed E-state index contributed by atoms with van der Waals surface area (Å²) in [5.41, 5.74) is 0. The third kappa shape index (κ3) is 13.9. The minimum Gasteiger partial charge on any atom is -0.300 e. The molecule has 15 heavy (non-hydrogen) atoms. The molecule has 0 bridgehead atoms. The highest BCUT2D eigenvalue weighted by atomic mass is 16.7. The highest BCUT2D eigenvalue weighted by molar-refractivity contribution is 4.46. The molecule has 0 aliphatic rings. The van der Waals surface area contributed by atoms with E-state index >= 15 is 0 Å². The Bertz CT molecular complexity index is 115. The number of hydrogen-bond donors (Lipinski definition) is 0. The van der Waals surface area contributed by atoms with Gasteiger partial charge in [0.2, 0.25) is 0 Å². The van der Waals surface area contributed by atoms with E-state index in [9.17, 15) is 0 Å². The zero-order valence-corrected chi connectivity index (χ0v) is 10.9. The summed E-state index contributed by atoms with van der Waals surface area (Å²) < 4.78 is 0. The average Bonchev–Trinajstić information content (AvgIpc) is 2.20. The van der Waals surface area contributed by atoms with Gasteiger partial charge in [0.1, 0.15) is 0 Å². The second-order valence-corrected chi connectivity index (χ2v) is 4.47. The monoisotopic (exact) mass is 215 g/mol. The molecule has 0 amide bonds. The van der Waals surface area contributed by atoms with Crippen LogP contribution in [0.3, 0.4) is 0 Å². The van der Waals surface area contributed by atoms with Crippen molar-refractivity contribution in [3.05, 3.63) is 0 Å². The molecule has 0 radical (unpaired) electrons. The van der Waals surface area contributed by atoms with Gasteiger partial charge in [-0.3, -0.25) is 4.84 Å². The smallest absolute Gasteiger partial charge is 0.0684 e. The molecule has 0 atom stereocenters. The van der Waals surface area contributed by atoms with Crippen LogP contribution < -0.4 is 0 Å². The van der Waals surface area contributed by atoms with Gasteiger partial charge in [0, 0.05) is 14.1 Å². The molecular weight excluding hydrogens is 186 g/mol. The summed E-state index contributed by atoms with van der Waals surface area (Å²) in [6.45, 7) is 3.15. The zero-order valence-electron chi connectivity index (χ0n) is 10.9. The van der Waals surface area contributed by atoms with Crippen LogP contribution in [0, 0.1) is 0 Å². The Labute approximate surface area is 95.9 Å². The van der Waals surface area contributed by atoms with Crippen molar-refractivity contribution < 1.29 is 4.84 Å². The summed E-state index contributed by atoms with van der Waals surface area (Å²) in [4.78, 5) is 5.33. The van der Waals surface area contributed by atoms with Gasteiger partial charge in [0.15, 0.2) is 0 Å². The molecular formula is C13H29NO. The highest BCUT2D eigenvalue weighted by Crippen LogP contribution is 2.09. The first-order chi connectivity index (χ1) is 7.27. The molecule has 2 heteroatoms. The number of hydroxylamine groups is 2. The molecule has 0 aromatic heterocycles. The highest BCUT2D eigenvalue weighted by Gasteiger charge is 1.93. The van der Waals surface area contributed by atoms with E-state index in [2.05, 4.69) is 6.92 Å². The SMILES string of the molecule is CCCCCCCCCCCON(C)C. The molecule has 0 aliphatic carbocycles. The van der Waals surface area contributed by atoms with Crippen molar-refractivity contribution in [2.24, 2.45) is 0 Å². The van der Waals surface area contributed by atoms with E-state index in [1.165, 1.54) is 57.8 Å². The lowest BCUT2D eigenvalue weighted by atomic mass is 10.1. The van der Waals surface area contributed by atoms with E-state index in [1.807, 2.05) is 14.1 Å². The van der Waals surface area contributed by atoms with Gasteiger partial charge in [-0.05, 0) is 6.42 Å². The first-order valence-electron chi connectivity index (χ1n) is 6.57. The summed E-state index contributed by atoms with van der Waals surface area (Å²) in [7, 11) is 3.88. The van der Waals surface area contributed by atoms with Crippen molar-refractivity contribution in [3.63, 3.8) is 0 Å². The molecule has 92 valence electrons. The van der Waals surface area contributed by atoms with Crippen LogP contribution in [-0.2, 0) is 4.84 Å². The van der Waals surface area contributed by atoms with Crippen LogP contribution in [0.4, 0.5) is 0 Å². The van der Waals surface area contributed by atoms with E-state index in [1.54, 1.807) is 5.06 Å². The van der Waals surface area contributed by atoms with Crippen molar-refractivity contribution >= 4 is 0 Å². The van der Waals surface area contributed by atoms with Gasteiger partial charge in [0.25, 0.3) is 0 Å². The van der Waals surface area contributed by atoms with Crippen molar-refractivity contribution in [2.45, 2.75) is 64.7 Å². The van der Waals surface area contributed by atoms with Crippen molar-refractivity contribution in [2.75, 3.05) is 20.7 Å². The lowest BCUT2D eigenvalue weighted by Gasteiger charge is -2.09. The van der Waals surface area contributed by atoms with Gasteiger partial charge < -0.3 is 0 Å². The fraction of sp³-hybridized carbons (Fsp3) is 1.00. The number of rotatable bonds is 11. The molecule has 0 aliphatic heterocycles. The Morgan fingerprint density at radius 3 is 1.67 bits per heavy atom. The number of nitrogens with zero attached hydrogens (tertiary/aromatic N) is 1. The second kappa shape index (κ2) is 12.0. The lowest BCUT2D eigenvalue weighted by molar-refractivity contribution is -0.120. The lowest BCUT2D eigenvalue weighted by Crippen LogP contribution is -2.13. The van der Waals surface area contributed by atoms with Gasteiger partial charge in [0.05, 0.1) is 6.61 Å². The maximum Gasteiger partial charge on any atom is 0.0684 e. The minimum atomic E-state index is 0.878. The largest absolute Gasteiger partial charge is 0.300 e. The van der Waals surface area contributed by atoms with Gasteiger partial charge in [-0.2, -0.15) is 5.06 Å². The Morgan fingerprint density at radius 2 is 1.20 bits per heavy atom. The van der Waals surface area contributed by atoms with Crippen LogP contribution in [0.1, 0.15) is 64.7 Å². The quantitative estimate of drug-likeness (QED) is 0.381. The Kier molecular flexibility index (Phi) is 11.9. The molecule has 0 aromatic carbocycles. The Hall–Kier alpha value is -0.0800. The normalized spacial score (nSPS) is 11.2. The minimum absolute atomic E-state index is 0.878. The van der Waals surface area contributed by atoms with E-state index in [0.717, 1.165) is 6.61 Å². The first-order valence-corrected chi connectivity index (χ1v) is 6.57. The Morgan fingerprint density at radius 1 is 0.733 bits per heavy atom. The van der Waals surface area contributed by atoms with Crippen LogP contribution in [0.2, 0.25) is 0 Å². The molecule has 0 heterocycles. The molecule has 0 aromatic rings. The predicted molar refractivity (Wildman–Crippen MR) is 66.9 cm³/mol. The Balaban J connectivity index is 2.87. The maximum atomic E-state index is 5.33. The molecule has 0 saturated carbocycles. The van der Waals surface area contributed by atoms with Gasteiger partial charge in [-0.1, -0.05) is 58.3 Å². The summed E-state index contributed by atoms with van der Waals surface area (Å²) in [6, 6.07) is 0. The van der Waals surface area contributed by atoms with E-state index in [-0.39, 0.29) is 0 Å². The molecule has 0 saturated heterocycles. The summed E-state index contributed by atoms with van der Waals surface area (Å²) >= 11 is 0. The van der Waals surface area contributed by atoms with Crippen LogP contribution in [0.25, 0.3) is 0 Å². The van der Waals surface area contributed by atoms with Crippen molar-refractivity contribution in [1.29, 1.82) is 0 Å². The molecule has 0 fully saturated rings. The van der Waals surface area contributed by atoms with E-state index in [4.69, 9.17) is 4.84 Å². The van der Waals surface area contributed by atoms with Gasteiger partial charge >= 0.3 is 0 Å². The van der Waals surface area contributed by atoms with E-state index < -0.39 is 0 Å². The zero-order chi connectivity index (χ0) is 11.4. The molecule has 0 rings (SSSR count). The van der Waals surface area contributed by atoms with Gasteiger partial charge in [-0.25, -0.2) is 0 Å². The summed E-state index contributed by atoms with van der Waals surface area (Å²) in [5.74, 6) is 0. The van der Waals surface area contributed by atoms with Crippen LogP contribution >= 0.6 is 0 Å². The summed E-state index contributed by atoms with van der Waals surface area (Å²) in [6.07, 6.45) is 12.4. The fourth-order valence-corrected chi connectivity index (χ4v) is 1.66. The van der Waals surface area contributed by atoms with Gasteiger partial charge in [-0.15, -0.1) is 0 Å². The topological polar surface area (TPSA) is 12.5 Å². The van der Waals surface area contributed by atoms with Crippen LogP contribution in [0.5, 0.6) is 0 Å². The molecule has 0 N–H and O–H groups in total. The number of hydrogen-bond acceptors (Lipinski definition) is 2. The molecule has 0 spiro atoms. The first kappa shape index (κ1) is 14.9. The second-order valence-electron chi connectivity index (χ2n) is 4.47. The third-order valence-corrected chi connectivity index (χ3v) is 2.60. The van der Waals surface area contributed by atoms with Crippen LogP contribution in [-0.4, -0.2) is 25.8 Å². The van der Waals surface area contributed by atoms with Crippen LogP contribution in [0.15, 0.2) is 0 Å². The molecule has 2 nitrogen and oxygen atoms in total. The van der Waals surface area contributed by atoms with Crippen molar-refractivity contribution in [1.82, 2.24) is 5.06 Å². The third-order valence-electron chi connectivity index (χ3n) is 2.60. The predicted octanol–water partition coefficient (Wildman–Crippen LogP) is 4.01. The molecule has 0 unspecified atom stereocenters. The standard InChI is InChI=1S/C13H29NO/c1-4-5-6-7-8-9-10-11-12-13-15-14(2)3/h4-13H2,1-3H3. The fourth-order valence-electron chi connectivity index (χ4n) is 1.66. The average molecular weight is 215 g/mol. The van der Waals surface area contributed by atoms with E-state index in [0.29, 0.717) is 0 Å². The number of unbranched alkanes of at least 4 members (excludes halogenated alkanes) is 8. The maximum absolute atomic E-state index is 5.33. The summed E-state index contributed by atoms with van der Waals surface area (Å²) in [5, 5.41) is 1.78.